The number of pyridine rings is 1. The maximum Gasteiger partial charge on any atom is 0.192 e. The molecule has 1 aliphatic heterocycles. The van der Waals surface area contributed by atoms with Crippen molar-refractivity contribution in [1.82, 2.24) is 9.88 Å². The Morgan fingerprint density at radius 2 is 1.63 bits per heavy atom. The molecule has 5 rings (SSSR count). The molecule has 3 nitrogen and oxygen atoms in total. The third kappa shape index (κ3) is 6.09. The van der Waals surface area contributed by atoms with E-state index >= 15 is 0 Å². The fourth-order valence-electron chi connectivity index (χ4n) is 5.41. The van der Waals surface area contributed by atoms with Crippen molar-refractivity contribution < 1.29 is 4.43 Å². The van der Waals surface area contributed by atoms with E-state index in [1.165, 1.54) is 34.1 Å². The average Bonchev–Trinajstić information content (AvgIpc) is 2.90. The topological polar surface area (TPSA) is 25.4 Å². The van der Waals surface area contributed by atoms with E-state index in [2.05, 4.69) is 123 Å². The number of hydrogen-bond acceptors (Lipinski definition) is 3. The highest BCUT2D eigenvalue weighted by Gasteiger charge is 2.42. The van der Waals surface area contributed by atoms with Crippen molar-refractivity contribution in [1.29, 1.82) is 0 Å². The first-order chi connectivity index (χ1) is 18.2. The third-order valence-corrected chi connectivity index (χ3v) is 13.2. The molecule has 4 heteroatoms. The monoisotopic (exact) mass is 522 g/mol. The van der Waals surface area contributed by atoms with Gasteiger partial charge in [0.1, 0.15) is 0 Å². The summed E-state index contributed by atoms with van der Waals surface area (Å²) < 4.78 is 7.13. The fourth-order valence-corrected chi connectivity index (χ4v) is 6.79. The van der Waals surface area contributed by atoms with Gasteiger partial charge in [-0.1, -0.05) is 93.6 Å². The Bertz CT molecular complexity index is 1340. The van der Waals surface area contributed by atoms with E-state index < -0.39 is 8.32 Å². The average molecular weight is 523 g/mol. The molecule has 1 fully saturated rings. The zero-order valence-corrected chi connectivity index (χ0v) is 24.7. The van der Waals surface area contributed by atoms with E-state index in [0.717, 1.165) is 31.6 Å². The lowest BCUT2D eigenvalue weighted by molar-refractivity contribution is 0.0268. The number of aromatic nitrogens is 1. The van der Waals surface area contributed by atoms with Gasteiger partial charge < -0.3 is 4.43 Å². The van der Waals surface area contributed by atoms with Crippen LogP contribution in [0.4, 0.5) is 0 Å². The largest absolute Gasteiger partial charge is 0.412 e. The van der Waals surface area contributed by atoms with Crippen molar-refractivity contribution in [3.8, 4) is 11.1 Å². The molecular formula is C34H42N2OSi. The summed E-state index contributed by atoms with van der Waals surface area (Å²) in [5, 5.41) is 1.41. The van der Waals surface area contributed by atoms with E-state index in [0.29, 0.717) is 5.92 Å². The molecule has 198 valence electrons. The van der Waals surface area contributed by atoms with Gasteiger partial charge in [0.15, 0.2) is 8.32 Å². The highest BCUT2D eigenvalue weighted by atomic mass is 28.4. The van der Waals surface area contributed by atoms with E-state index in [-0.39, 0.29) is 11.1 Å². The van der Waals surface area contributed by atoms with Gasteiger partial charge in [-0.2, -0.15) is 0 Å². The molecule has 0 spiro atoms. The molecule has 1 saturated heterocycles. The summed E-state index contributed by atoms with van der Waals surface area (Å²) in [5.41, 5.74) is 6.32. The second-order valence-corrected chi connectivity index (χ2v) is 17.2. The first-order valence-corrected chi connectivity index (χ1v) is 17.0. The first-order valence-electron chi connectivity index (χ1n) is 14.1. The van der Waals surface area contributed by atoms with Crippen molar-refractivity contribution in [2.24, 2.45) is 5.92 Å². The van der Waals surface area contributed by atoms with E-state index in [1.54, 1.807) is 0 Å². The zero-order chi connectivity index (χ0) is 26.8. The van der Waals surface area contributed by atoms with Crippen LogP contribution in [0.25, 0.3) is 22.0 Å². The van der Waals surface area contributed by atoms with Crippen LogP contribution in [0.2, 0.25) is 18.1 Å². The molecule has 2 atom stereocenters. The molecule has 2 heterocycles. The van der Waals surface area contributed by atoms with Crippen molar-refractivity contribution >= 4 is 19.2 Å². The van der Waals surface area contributed by atoms with Crippen molar-refractivity contribution in [2.45, 2.75) is 64.4 Å². The van der Waals surface area contributed by atoms with Crippen LogP contribution in [0.15, 0.2) is 91.1 Å². The normalized spacial score (nSPS) is 19.1. The van der Waals surface area contributed by atoms with Crippen LogP contribution in [0.5, 0.6) is 0 Å². The Labute approximate surface area is 230 Å². The van der Waals surface area contributed by atoms with Crippen LogP contribution in [0.1, 0.15) is 38.3 Å². The maximum absolute atomic E-state index is 7.13. The van der Waals surface area contributed by atoms with Gasteiger partial charge in [0.25, 0.3) is 0 Å². The van der Waals surface area contributed by atoms with Gasteiger partial charge in [-0.25, -0.2) is 0 Å². The highest BCUT2D eigenvalue weighted by molar-refractivity contribution is 6.74. The number of nitrogens with zero attached hydrogens (tertiary/aromatic N) is 2. The van der Waals surface area contributed by atoms with Gasteiger partial charge in [-0.3, -0.25) is 9.88 Å². The number of fused-ring (bicyclic) bond motifs is 1. The lowest BCUT2D eigenvalue weighted by atomic mass is 9.87. The molecule has 2 unspecified atom stereocenters. The number of hydrogen-bond donors (Lipinski definition) is 0. The quantitative estimate of drug-likeness (QED) is 0.228. The Balaban J connectivity index is 1.34. The molecule has 4 aromatic rings. The molecule has 0 saturated carbocycles. The first kappa shape index (κ1) is 26.8. The van der Waals surface area contributed by atoms with Crippen LogP contribution in [-0.2, 0) is 17.4 Å². The number of piperidine rings is 1. The zero-order valence-electron chi connectivity index (χ0n) is 23.7. The van der Waals surface area contributed by atoms with Crippen molar-refractivity contribution in [3.05, 3.63) is 102 Å². The van der Waals surface area contributed by atoms with E-state index in [1.807, 2.05) is 12.3 Å². The minimum atomic E-state index is -1.88. The van der Waals surface area contributed by atoms with Gasteiger partial charge in [-0.05, 0) is 77.8 Å². The second kappa shape index (κ2) is 11.1. The molecule has 1 aromatic heterocycles. The highest BCUT2D eigenvalue weighted by Crippen LogP contribution is 2.40. The van der Waals surface area contributed by atoms with Crippen LogP contribution in [-0.4, -0.2) is 37.4 Å². The molecule has 0 N–H and O–H groups in total. The summed E-state index contributed by atoms with van der Waals surface area (Å²) in [6.45, 7) is 15.0. The minimum absolute atomic E-state index is 0.203. The van der Waals surface area contributed by atoms with Crippen LogP contribution in [0, 0.1) is 5.92 Å². The predicted molar refractivity (Wildman–Crippen MR) is 163 cm³/mol. The fraction of sp³-hybridized carbons (Fsp3) is 0.382. The Morgan fingerprint density at radius 3 is 2.37 bits per heavy atom. The summed E-state index contributed by atoms with van der Waals surface area (Å²) in [7, 11) is -1.88. The van der Waals surface area contributed by atoms with Crippen molar-refractivity contribution in [3.63, 3.8) is 0 Å². The van der Waals surface area contributed by atoms with Gasteiger partial charge >= 0.3 is 0 Å². The lowest BCUT2D eigenvalue weighted by Gasteiger charge is -2.45. The second-order valence-electron chi connectivity index (χ2n) is 12.5. The summed E-state index contributed by atoms with van der Waals surface area (Å²) in [5.74, 6) is 0.531. The predicted octanol–water partition coefficient (Wildman–Crippen LogP) is 8.36. The van der Waals surface area contributed by atoms with E-state index in [9.17, 15) is 0 Å². The Hall–Kier alpha value is -2.79. The standard InChI is InChI=1S/C34H42N2OSi/c1-34(2,3)38(4,5)37-33-25-36(24-27-11-7-6-8-12-27)22-20-29(33)23-26-16-18-28(19-17-26)30-13-9-15-32-31(30)14-10-21-35-32/h6-19,21,29,33H,20,22-25H2,1-5H3. The molecule has 3 aromatic carbocycles. The third-order valence-electron chi connectivity index (χ3n) is 8.69. The van der Waals surface area contributed by atoms with Crippen LogP contribution < -0.4 is 0 Å². The summed E-state index contributed by atoms with van der Waals surface area (Å²) >= 11 is 0. The SMILES string of the molecule is CC(C)(C)[Si](C)(C)OC1CN(Cc2ccccc2)CCC1Cc1ccc(-c2cccc3ncccc23)cc1. The van der Waals surface area contributed by atoms with Gasteiger partial charge in [-0.15, -0.1) is 0 Å². The molecular weight excluding hydrogens is 480 g/mol. The maximum atomic E-state index is 7.13. The van der Waals surface area contributed by atoms with E-state index in [4.69, 9.17) is 4.43 Å². The van der Waals surface area contributed by atoms with Crippen molar-refractivity contribution in [2.75, 3.05) is 13.1 Å². The minimum Gasteiger partial charge on any atom is -0.412 e. The molecule has 0 radical (unpaired) electrons. The summed E-state index contributed by atoms with van der Waals surface area (Å²) in [4.78, 5) is 7.13. The Kier molecular flexibility index (Phi) is 7.85. The summed E-state index contributed by atoms with van der Waals surface area (Å²) in [6, 6.07) is 30.6. The number of benzene rings is 3. The molecule has 0 aliphatic carbocycles. The number of likely N-dealkylation sites (tertiary alicyclic amines) is 1. The van der Waals surface area contributed by atoms with Crippen LogP contribution >= 0.6 is 0 Å². The lowest BCUT2D eigenvalue weighted by Crippen LogP contribution is -2.52. The molecule has 0 bridgehead atoms. The number of rotatable bonds is 7. The van der Waals surface area contributed by atoms with Gasteiger partial charge in [0, 0.05) is 24.7 Å². The smallest absolute Gasteiger partial charge is 0.192 e. The molecule has 1 aliphatic rings. The summed E-state index contributed by atoms with van der Waals surface area (Å²) in [6.07, 6.45) is 4.36. The molecule has 38 heavy (non-hydrogen) atoms. The van der Waals surface area contributed by atoms with Crippen LogP contribution in [0.3, 0.4) is 0 Å². The Morgan fingerprint density at radius 1 is 0.868 bits per heavy atom. The van der Waals surface area contributed by atoms with Gasteiger partial charge in [0.2, 0.25) is 0 Å². The molecule has 0 amide bonds. The van der Waals surface area contributed by atoms with Gasteiger partial charge in [0.05, 0.1) is 11.6 Å².